The maximum Gasteiger partial charge on any atom is 0.475 e. The summed E-state index contributed by atoms with van der Waals surface area (Å²) in [6.07, 6.45) is -0.0569. The highest BCUT2D eigenvalue weighted by molar-refractivity contribution is 7.48. The fourth-order valence-electron chi connectivity index (χ4n) is 8.03. The van der Waals surface area contributed by atoms with Gasteiger partial charge in [-0.15, -0.1) is 0 Å². The molecule has 4 unspecified atom stereocenters. The summed E-state index contributed by atoms with van der Waals surface area (Å²) in [5.74, 6) is -1.06. The van der Waals surface area contributed by atoms with Gasteiger partial charge in [-0.1, -0.05) is 13.8 Å². The van der Waals surface area contributed by atoms with Crippen LogP contribution >= 0.6 is 16.3 Å². The smallest absolute Gasteiger partial charge is 0.463 e. The van der Waals surface area contributed by atoms with Crippen LogP contribution in [0.2, 0.25) is 0 Å². The zero-order chi connectivity index (χ0) is 55.2. The monoisotopic (exact) mass is 1080 g/mol. The van der Waals surface area contributed by atoms with Gasteiger partial charge < -0.3 is 33.7 Å². The summed E-state index contributed by atoms with van der Waals surface area (Å²) in [6, 6.07) is 1.57. The van der Waals surface area contributed by atoms with E-state index in [4.69, 9.17) is 42.1 Å². The SMILES string of the molecule is CC(C)OC(=O)C(C)CCOP(N(C(C)C)C(C)C)N(C(C)C)C(C)C.Cc1cn([C@H]2CC3OP(=O)(OCCC(C)C(=O)OC(C)C)OC[C@H]3O2)c(=O)[nH]c1=O.Cc1cn([C@H]2C[C@H](O)[C@@H](CO)O2)c(=O)[nH]c1=O. The molecule has 3 fully saturated rings. The number of phosphoric acid groups is 1. The number of hydrogen-bond donors (Lipinski definition) is 4. The van der Waals surface area contributed by atoms with Crippen LogP contribution < -0.4 is 22.5 Å². The minimum Gasteiger partial charge on any atom is -0.463 e. The standard InChI is InChI=1S/C20H43N2O3P.C18H27N2O9P.C10H14N2O5/c1-14(2)21(15(3)4)26(22(16(5)6)17(7)8)24-13-12-19(11)20(23)25-18(9)10;1-10(2)27-17(22)11(3)5-6-25-30(24)26-9-14-13(29-30)7-15(28-14)20-8-12(4)16(21)19-18(20)23;1-5-3-12(10(16)11-9(5)15)8-2-6(14)7(4-13)17-8/h14-19H,12-13H2,1-11H3;8,10-11,13-15H,5-7,9H2,1-4H3,(H,19,21,23);3,6-8,13-14H,2,4H2,1H3,(H,11,15,16)/t;11?,13?,14-,15-,30?;6-,7+,8+/m.10/s1. The maximum atomic E-state index is 12.8. The predicted octanol–water partition coefficient (Wildman–Crippen LogP) is 5.58. The number of aliphatic hydroxyl groups is 2. The number of H-pyrrole nitrogens is 2. The molecule has 0 aliphatic carbocycles. The predicted molar refractivity (Wildman–Crippen MR) is 274 cm³/mol. The number of hydrogen-bond acceptors (Lipinski definition) is 19. The minimum absolute atomic E-state index is 0.00805. The third-order valence-corrected chi connectivity index (χ3v) is 16.3. The van der Waals surface area contributed by atoms with Gasteiger partial charge in [0.25, 0.3) is 11.1 Å². The number of phosphoric ester groups is 1. The molecule has 23 nitrogen and oxygen atoms in total. The molecule has 2 aromatic heterocycles. The molecular formula is C48H84N6O17P2. The highest BCUT2D eigenvalue weighted by Gasteiger charge is 2.48. The number of carbonyl (C=O) groups excluding carboxylic acids is 2. The van der Waals surface area contributed by atoms with Crippen molar-refractivity contribution in [3.63, 3.8) is 0 Å². The molecule has 0 amide bonds. The lowest BCUT2D eigenvalue weighted by atomic mass is 10.1. The van der Waals surface area contributed by atoms with E-state index in [2.05, 4.69) is 74.7 Å². The highest BCUT2D eigenvalue weighted by atomic mass is 31.2. The Labute approximate surface area is 430 Å². The number of aliphatic hydroxyl groups excluding tert-OH is 2. The summed E-state index contributed by atoms with van der Waals surface area (Å²) in [4.78, 5) is 74.6. The van der Waals surface area contributed by atoms with Gasteiger partial charge >= 0.3 is 31.1 Å². The third-order valence-electron chi connectivity index (χ3n) is 11.7. The Kier molecular flexibility index (Phi) is 25.5. The summed E-state index contributed by atoms with van der Waals surface area (Å²) in [7, 11) is -4.72. The van der Waals surface area contributed by atoms with Gasteiger partial charge in [-0.05, 0) is 110 Å². The second-order valence-electron chi connectivity index (χ2n) is 20.2. The van der Waals surface area contributed by atoms with Crippen LogP contribution in [-0.2, 0) is 51.2 Å². The molecule has 0 radical (unpaired) electrons. The Bertz CT molecular complexity index is 2320. The zero-order valence-corrected chi connectivity index (χ0v) is 47.4. The lowest BCUT2D eigenvalue weighted by Gasteiger charge is -2.45. The number of aromatic amines is 2. The van der Waals surface area contributed by atoms with Crippen LogP contribution in [0.1, 0.15) is 146 Å². The lowest BCUT2D eigenvalue weighted by molar-refractivity contribution is -0.153. The normalized spacial score (nSPS) is 23.8. The summed E-state index contributed by atoms with van der Waals surface area (Å²) in [6.45, 7) is 32.1. The molecule has 0 spiro atoms. The number of nitrogens with zero attached hydrogens (tertiary/aromatic N) is 4. The van der Waals surface area contributed by atoms with Gasteiger partial charge in [0.05, 0.1) is 56.6 Å². The van der Waals surface area contributed by atoms with Gasteiger partial charge in [-0.25, -0.2) is 23.5 Å². The molecule has 9 atom stereocenters. The number of esters is 2. The van der Waals surface area contributed by atoms with Crippen molar-refractivity contribution >= 4 is 28.2 Å². The molecule has 5 heterocycles. The number of aromatic nitrogens is 4. The number of nitrogens with one attached hydrogen (secondary N) is 2. The largest absolute Gasteiger partial charge is 0.475 e. The quantitative estimate of drug-likeness (QED) is 0.0877. The molecule has 3 aliphatic rings. The van der Waals surface area contributed by atoms with Gasteiger partial charge in [0.2, 0.25) is 0 Å². The van der Waals surface area contributed by atoms with Crippen molar-refractivity contribution in [2.45, 2.75) is 210 Å². The number of ether oxygens (including phenoxy) is 4. The van der Waals surface area contributed by atoms with Crippen molar-refractivity contribution in [3.05, 3.63) is 65.2 Å². The van der Waals surface area contributed by atoms with Gasteiger partial charge in [0.1, 0.15) is 30.8 Å². The average molecular weight is 1080 g/mol. The van der Waals surface area contributed by atoms with E-state index in [9.17, 15) is 38.4 Å². The molecule has 0 aromatic carbocycles. The van der Waals surface area contributed by atoms with E-state index in [0.717, 1.165) is 0 Å². The summed E-state index contributed by atoms with van der Waals surface area (Å²) in [5, 5.41) is 18.5. The summed E-state index contributed by atoms with van der Waals surface area (Å²) >= 11 is 0. The molecule has 2 aromatic rings. The van der Waals surface area contributed by atoms with Crippen molar-refractivity contribution in [1.82, 2.24) is 28.4 Å². The first-order valence-corrected chi connectivity index (χ1v) is 27.8. The second kappa shape index (κ2) is 29.2. The minimum atomic E-state index is -3.82. The molecule has 4 N–H and O–H groups in total. The Morgan fingerprint density at radius 1 is 0.712 bits per heavy atom. The summed E-state index contributed by atoms with van der Waals surface area (Å²) < 4.78 is 64.3. The van der Waals surface area contributed by atoms with Crippen LogP contribution in [0.4, 0.5) is 0 Å². The van der Waals surface area contributed by atoms with Gasteiger partial charge in [0, 0.05) is 60.5 Å². The van der Waals surface area contributed by atoms with Crippen molar-refractivity contribution in [3.8, 4) is 0 Å². The van der Waals surface area contributed by atoms with Gasteiger partial charge in [-0.3, -0.25) is 51.9 Å². The first-order valence-electron chi connectivity index (χ1n) is 25.2. The zero-order valence-electron chi connectivity index (χ0n) is 45.6. The molecule has 25 heteroatoms. The molecule has 5 rings (SSSR count). The van der Waals surface area contributed by atoms with E-state index in [-0.39, 0.29) is 62.7 Å². The lowest BCUT2D eigenvalue weighted by Crippen LogP contribution is -2.43. The van der Waals surface area contributed by atoms with E-state index in [0.29, 0.717) is 54.7 Å². The van der Waals surface area contributed by atoms with Crippen LogP contribution in [0, 0.1) is 25.7 Å². The van der Waals surface area contributed by atoms with Crippen LogP contribution in [0.5, 0.6) is 0 Å². The first-order chi connectivity index (χ1) is 34.0. The van der Waals surface area contributed by atoms with Crippen molar-refractivity contribution in [1.29, 1.82) is 0 Å². The van der Waals surface area contributed by atoms with Crippen molar-refractivity contribution in [2.75, 3.05) is 26.4 Å². The van der Waals surface area contributed by atoms with Crippen LogP contribution in [0.15, 0.2) is 31.6 Å². The van der Waals surface area contributed by atoms with Crippen LogP contribution in [0.25, 0.3) is 0 Å². The second-order valence-corrected chi connectivity index (χ2v) is 23.5. The van der Waals surface area contributed by atoms with E-state index >= 15 is 0 Å². The highest BCUT2D eigenvalue weighted by Crippen LogP contribution is 2.57. The van der Waals surface area contributed by atoms with E-state index < -0.39 is 81.6 Å². The van der Waals surface area contributed by atoms with Gasteiger partial charge in [0.15, 0.2) is 8.45 Å². The summed E-state index contributed by atoms with van der Waals surface area (Å²) in [5.41, 5.74) is -1.34. The molecule has 0 saturated carbocycles. The van der Waals surface area contributed by atoms with Gasteiger partial charge in [-0.2, -0.15) is 0 Å². The van der Waals surface area contributed by atoms with E-state index in [1.807, 2.05) is 20.8 Å². The Balaban J connectivity index is 0.000000300. The fraction of sp³-hybridized carbons (Fsp3) is 0.792. The molecular weight excluding hydrogens is 995 g/mol. The molecule has 73 heavy (non-hydrogen) atoms. The van der Waals surface area contributed by atoms with E-state index in [1.165, 1.54) is 21.5 Å². The Hall–Kier alpha value is -3.44. The molecule has 418 valence electrons. The van der Waals surface area contributed by atoms with Crippen LogP contribution in [-0.4, -0.2) is 138 Å². The van der Waals surface area contributed by atoms with Crippen molar-refractivity contribution in [2.24, 2.45) is 11.8 Å². The first kappa shape index (κ1) is 63.8. The Morgan fingerprint density at radius 3 is 1.56 bits per heavy atom. The molecule has 3 aliphatic heterocycles. The Morgan fingerprint density at radius 2 is 1.15 bits per heavy atom. The number of rotatable bonds is 21. The number of aryl methyl sites for hydroxylation is 2. The molecule has 3 saturated heterocycles. The van der Waals surface area contributed by atoms with Crippen LogP contribution in [0.3, 0.4) is 0 Å². The molecule has 0 bridgehead atoms. The number of carbonyl (C=O) groups is 2. The topological polar surface area (TPSA) is 282 Å². The third kappa shape index (κ3) is 19.0. The van der Waals surface area contributed by atoms with E-state index in [1.54, 1.807) is 34.6 Å². The van der Waals surface area contributed by atoms with Crippen molar-refractivity contribution < 1.29 is 61.4 Å². The number of fused-ring (bicyclic) bond motifs is 1. The average Bonchev–Trinajstić information content (AvgIpc) is 3.87. The fourth-order valence-corrected chi connectivity index (χ4v) is 11.8. The maximum absolute atomic E-state index is 12.8.